The number of amides is 1. The lowest BCUT2D eigenvalue weighted by Crippen LogP contribution is -2.55. The summed E-state index contributed by atoms with van der Waals surface area (Å²) in [7, 11) is 1.96. The van der Waals surface area contributed by atoms with Crippen LogP contribution >= 0.6 is 0 Å². The third-order valence-electron chi connectivity index (χ3n) is 8.08. The average molecular weight is 606 g/mol. The molecule has 2 aromatic carbocycles. The van der Waals surface area contributed by atoms with Crippen LogP contribution < -0.4 is 20.7 Å². The Hall–Kier alpha value is -3.97. The number of H-pyrrole nitrogens is 1. The number of benzene rings is 2. The summed E-state index contributed by atoms with van der Waals surface area (Å²) in [6.07, 6.45) is -4.27. The highest BCUT2D eigenvalue weighted by Gasteiger charge is 2.36. The number of anilines is 3. The number of alkyl halides is 3. The van der Waals surface area contributed by atoms with Gasteiger partial charge in [0.15, 0.2) is 0 Å². The third kappa shape index (κ3) is 6.52. The molecular formula is C30H32F5N5O3. The van der Waals surface area contributed by atoms with Crippen LogP contribution in [0.3, 0.4) is 0 Å². The summed E-state index contributed by atoms with van der Waals surface area (Å²) < 4.78 is 77.3. The second-order valence-corrected chi connectivity index (χ2v) is 11.0. The Labute approximate surface area is 245 Å². The average Bonchev–Trinajstić information content (AvgIpc) is 2.96. The topological polar surface area (TPSA) is 80.9 Å². The molecule has 1 amide bonds. The molecule has 3 aromatic rings. The predicted octanol–water partition coefficient (Wildman–Crippen LogP) is 4.96. The molecule has 3 heterocycles. The van der Waals surface area contributed by atoms with Gasteiger partial charge in [-0.05, 0) is 56.8 Å². The number of aromatic nitrogens is 1. The van der Waals surface area contributed by atoms with Gasteiger partial charge in [0.1, 0.15) is 11.6 Å². The zero-order valence-electron chi connectivity index (χ0n) is 23.9. The lowest BCUT2D eigenvalue weighted by molar-refractivity contribution is -0.138. The van der Waals surface area contributed by atoms with E-state index in [2.05, 4.69) is 15.2 Å². The number of hydrogen-bond acceptors (Lipinski definition) is 6. The largest absolute Gasteiger partial charge is 0.417 e. The van der Waals surface area contributed by atoms with Crippen LogP contribution in [0.15, 0.2) is 47.4 Å². The van der Waals surface area contributed by atoms with E-state index in [1.54, 1.807) is 6.07 Å². The van der Waals surface area contributed by atoms with Gasteiger partial charge in [0.2, 0.25) is 5.56 Å². The van der Waals surface area contributed by atoms with Gasteiger partial charge in [-0.2, -0.15) is 13.2 Å². The van der Waals surface area contributed by atoms with Crippen LogP contribution in [0, 0.1) is 11.6 Å². The fraction of sp³-hybridized carbons (Fsp3) is 0.400. The van der Waals surface area contributed by atoms with E-state index in [-0.39, 0.29) is 34.6 Å². The first-order valence-electron chi connectivity index (χ1n) is 13.9. The fourth-order valence-electron chi connectivity index (χ4n) is 5.56. The first-order chi connectivity index (χ1) is 20.3. The second-order valence-electron chi connectivity index (χ2n) is 11.0. The second kappa shape index (κ2) is 12.0. The number of hydrogen-bond donors (Lipinski definition) is 2. The summed E-state index contributed by atoms with van der Waals surface area (Å²) >= 11 is 0. The van der Waals surface area contributed by atoms with Crippen molar-refractivity contribution in [3.05, 3.63) is 75.7 Å². The first-order valence-corrected chi connectivity index (χ1v) is 13.9. The Balaban J connectivity index is 1.60. The molecule has 230 valence electrons. The summed E-state index contributed by atoms with van der Waals surface area (Å²) in [5.74, 6) is -2.44. The van der Waals surface area contributed by atoms with E-state index in [4.69, 9.17) is 4.74 Å². The number of carbonyl (C=O) groups excluding carboxylic acids is 1. The quantitative estimate of drug-likeness (QED) is 0.401. The molecule has 0 unspecified atom stereocenters. The molecule has 2 N–H and O–H groups in total. The number of ether oxygens (including phenoxy) is 1. The molecule has 2 aliphatic heterocycles. The molecule has 13 heteroatoms. The highest BCUT2D eigenvalue weighted by Crippen LogP contribution is 2.38. The molecule has 2 aliphatic rings. The van der Waals surface area contributed by atoms with Crippen molar-refractivity contribution in [3.8, 4) is 11.1 Å². The standard InChI is InChI=1S/C30H32F5N5O3/c1-17-15-40(16-18(2)38(17)3)27-13-25(32)22(19-8-20(31)10-21(9-19)39-4-6-43-7-5-39)11-26(27)37-29(42)23-14-36-28(41)12-24(23)30(33,34)35/h8-14,17-18H,4-7,15-16H2,1-3H3,(H,36,41)(H,37,42)/t17-,18+. The smallest absolute Gasteiger partial charge is 0.378 e. The minimum absolute atomic E-state index is 0.0409. The van der Waals surface area contributed by atoms with E-state index in [9.17, 15) is 27.2 Å². The molecule has 2 fully saturated rings. The SMILES string of the molecule is C[C@@H]1CN(c2cc(F)c(-c3cc(F)cc(N4CCOCC4)c3)cc2NC(=O)c2c[nH]c(=O)cc2C(F)(F)F)C[C@H](C)N1C. The summed E-state index contributed by atoms with van der Waals surface area (Å²) in [5, 5.41) is 2.52. The third-order valence-corrected chi connectivity index (χ3v) is 8.08. The molecule has 1 aromatic heterocycles. The molecule has 5 rings (SSSR count). The van der Waals surface area contributed by atoms with E-state index in [0.717, 1.165) is 6.07 Å². The number of likely N-dealkylation sites (N-methyl/N-ethyl adjacent to an activating group) is 1. The molecule has 0 spiro atoms. The molecule has 0 saturated carbocycles. The van der Waals surface area contributed by atoms with Gasteiger partial charge in [-0.25, -0.2) is 8.78 Å². The van der Waals surface area contributed by atoms with E-state index >= 15 is 4.39 Å². The van der Waals surface area contributed by atoms with Gasteiger partial charge in [0.05, 0.1) is 35.7 Å². The highest BCUT2D eigenvalue weighted by molar-refractivity contribution is 6.07. The van der Waals surface area contributed by atoms with E-state index in [1.165, 1.54) is 18.2 Å². The van der Waals surface area contributed by atoms with Gasteiger partial charge in [0, 0.05) is 61.8 Å². The first kappa shape index (κ1) is 30.5. The number of aromatic amines is 1. The van der Waals surface area contributed by atoms with Gasteiger partial charge in [-0.15, -0.1) is 0 Å². The monoisotopic (exact) mass is 605 g/mol. The lowest BCUT2D eigenvalue weighted by atomic mass is 10.00. The molecule has 0 radical (unpaired) electrons. The van der Waals surface area contributed by atoms with Crippen LogP contribution in [-0.4, -0.2) is 74.3 Å². The number of nitrogens with one attached hydrogen (secondary N) is 2. The van der Waals surface area contributed by atoms with E-state index in [1.807, 2.05) is 30.7 Å². The number of piperazine rings is 1. The van der Waals surface area contributed by atoms with Crippen molar-refractivity contribution in [3.63, 3.8) is 0 Å². The van der Waals surface area contributed by atoms with Crippen molar-refractivity contribution in [2.45, 2.75) is 32.1 Å². The summed E-state index contributed by atoms with van der Waals surface area (Å²) in [5.41, 5.74) is -2.23. The number of morpholine rings is 1. The Morgan fingerprint density at radius 1 is 0.977 bits per heavy atom. The maximum Gasteiger partial charge on any atom is 0.417 e. The fourth-order valence-corrected chi connectivity index (χ4v) is 5.56. The summed E-state index contributed by atoms with van der Waals surface area (Å²) in [6, 6.07) is 7.07. The lowest BCUT2D eigenvalue weighted by Gasteiger charge is -2.44. The van der Waals surface area contributed by atoms with Crippen molar-refractivity contribution in [1.29, 1.82) is 0 Å². The number of pyridine rings is 1. The van der Waals surface area contributed by atoms with Crippen LogP contribution in [0.25, 0.3) is 11.1 Å². The normalized spacial score (nSPS) is 19.9. The van der Waals surface area contributed by atoms with Crippen molar-refractivity contribution in [1.82, 2.24) is 9.88 Å². The van der Waals surface area contributed by atoms with Crippen LogP contribution in [-0.2, 0) is 10.9 Å². The maximum atomic E-state index is 15.9. The van der Waals surface area contributed by atoms with Crippen LogP contribution in [0.5, 0.6) is 0 Å². The minimum atomic E-state index is -4.97. The molecule has 2 atom stereocenters. The molecule has 8 nitrogen and oxygen atoms in total. The van der Waals surface area contributed by atoms with Gasteiger partial charge in [-0.1, -0.05) is 0 Å². The van der Waals surface area contributed by atoms with Crippen LogP contribution in [0.2, 0.25) is 0 Å². The highest BCUT2D eigenvalue weighted by atomic mass is 19.4. The van der Waals surface area contributed by atoms with Crippen molar-refractivity contribution in [2.75, 3.05) is 61.6 Å². The Morgan fingerprint density at radius 3 is 2.30 bits per heavy atom. The van der Waals surface area contributed by atoms with Crippen molar-refractivity contribution >= 4 is 23.0 Å². The number of nitrogens with zero attached hydrogens (tertiary/aromatic N) is 3. The van der Waals surface area contributed by atoms with Gasteiger partial charge in [0.25, 0.3) is 5.91 Å². The molecule has 0 bridgehead atoms. The molecule has 0 aliphatic carbocycles. The molecule has 2 saturated heterocycles. The Kier molecular flexibility index (Phi) is 8.48. The van der Waals surface area contributed by atoms with Gasteiger partial charge < -0.3 is 24.8 Å². The summed E-state index contributed by atoms with van der Waals surface area (Å²) in [4.78, 5) is 33.0. The summed E-state index contributed by atoms with van der Waals surface area (Å²) in [6.45, 7) is 6.84. The predicted molar refractivity (Wildman–Crippen MR) is 154 cm³/mol. The Bertz CT molecular complexity index is 1560. The van der Waals surface area contributed by atoms with Gasteiger partial charge in [-0.3, -0.25) is 14.5 Å². The van der Waals surface area contributed by atoms with Crippen molar-refractivity contribution < 1.29 is 31.5 Å². The van der Waals surface area contributed by atoms with E-state index in [0.29, 0.717) is 57.3 Å². The van der Waals surface area contributed by atoms with Crippen molar-refractivity contribution in [2.24, 2.45) is 0 Å². The minimum Gasteiger partial charge on any atom is -0.378 e. The number of halogens is 5. The van der Waals surface area contributed by atoms with Crippen LogP contribution in [0.4, 0.5) is 39.0 Å². The zero-order valence-corrected chi connectivity index (χ0v) is 23.9. The number of rotatable bonds is 5. The zero-order chi connectivity index (χ0) is 31.1. The maximum absolute atomic E-state index is 15.9. The van der Waals surface area contributed by atoms with Crippen LogP contribution in [0.1, 0.15) is 29.8 Å². The molecular weight excluding hydrogens is 573 g/mol. The Morgan fingerprint density at radius 2 is 1.65 bits per heavy atom. The number of carbonyl (C=O) groups is 1. The van der Waals surface area contributed by atoms with Gasteiger partial charge >= 0.3 is 6.18 Å². The molecule has 43 heavy (non-hydrogen) atoms. The van der Waals surface area contributed by atoms with E-state index < -0.39 is 40.4 Å².